The molecule has 2 rings (SSSR count). The van der Waals surface area contributed by atoms with Crippen molar-refractivity contribution in [1.82, 2.24) is 0 Å². The molecule has 0 heterocycles. The van der Waals surface area contributed by atoms with Gasteiger partial charge in [0.1, 0.15) is 17.1 Å². The second kappa shape index (κ2) is 14.7. The molecule has 36 heavy (non-hydrogen) atoms. The summed E-state index contributed by atoms with van der Waals surface area (Å²) in [5.41, 5.74) is 4.85. The minimum absolute atomic E-state index is 0.0512. The number of hydrogen-bond donors (Lipinski definition) is 1. The summed E-state index contributed by atoms with van der Waals surface area (Å²) in [7, 11) is 3.38. The van der Waals surface area contributed by atoms with Crippen LogP contribution in [-0.2, 0) is 12.0 Å². The fourth-order valence-corrected chi connectivity index (χ4v) is 5.62. The van der Waals surface area contributed by atoms with E-state index in [0.29, 0.717) is 0 Å². The number of ether oxygens (including phenoxy) is 2. The Balaban J connectivity index is 2.11. The molecule has 0 aliphatic heterocycles. The third kappa shape index (κ3) is 7.06. The number of unbranched alkanes of at least 4 members (excludes halogenated alkanes) is 9. The first kappa shape index (κ1) is 30.2. The molecule has 0 aliphatic carbocycles. The molecule has 0 saturated heterocycles. The summed E-state index contributed by atoms with van der Waals surface area (Å²) in [6.07, 6.45) is 14.6. The Morgan fingerprint density at radius 3 is 1.64 bits per heavy atom. The fourth-order valence-electron chi connectivity index (χ4n) is 5.62. The minimum Gasteiger partial charge on any atom is -0.496 e. The number of hydrogen-bond acceptors (Lipinski definition) is 3. The highest BCUT2D eigenvalue weighted by atomic mass is 16.5. The quantitative estimate of drug-likeness (QED) is 0.236. The van der Waals surface area contributed by atoms with E-state index >= 15 is 0 Å². The lowest BCUT2D eigenvalue weighted by Crippen LogP contribution is -2.35. The van der Waals surface area contributed by atoms with Crippen molar-refractivity contribution in [2.75, 3.05) is 14.2 Å². The summed E-state index contributed by atoms with van der Waals surface area (Å²) in [5.74, 6) is 1.51. The van der Waals surface area contributed by atoms with Gasteiger partial charge in [0.15, 0.2) is 0 Å². The standard InChI is InChI=1S/C33H52O3/c1-9-10-11-12-13-14-15-16-17-18-19-28-20-22-29(23-21-28)33(34,24(2)3)30-27(6)31(35-7)25(4)26(5)32(30)36-8/h20-24,34H,9-19H2,1-8H3. The topological polar surface area (TPSA) is 38.7 Å². The Kier molecular flexibility index (Phi) is 12.3. The van der Waals surface area contributed by atoms with Crippen LogP contribution in [0.25, 0.3) is 0 Å². The monoisotopic (exact) mass is 496 g/mol. The zero-order chi connectivity index (χ0) is 26.7. The first-order chi connectivity index (χ1) is 17.2. The Bertz CT molecular complexity index is 929. The van der Waals surface area contributed by atoms with Gasteiger partial charge in [0.05, 0.1) is 14.2 Å². The molecule has 0 fully saturated rings. The van der Waals surface area contributed by atoms with Gasteiger partial charge in [-0.15, -0.1) is 0 Å². The average molecular weight is 497 g/mol. The molecule has 0 spiro atoms. The maximum atomic E-state index is 12.3. The molecular formula is C33H52O3. The molecule has 202 valence electrons. The van der Waals surface area contributed by atoms with E-state index in [9.17, 15) is 5.11 Å². The van der Waals surface area contributed by atoms with E-state index in [2.05, 4.69) is 45.0 Å². The molecule has 2 aromatic rings. The Morgan fingerprint density at radius 2 is 1.17 bits per heavy atom. The first-order valence-corrected chi connectivity index (χ1v) is 14.3. The zero-order valence-electron chi connectivity index (χ0n) is 24.4. The molecular weight excluding hydrogens is 444 g/mol. The molecule has 2 aromatic carbocycles. The molecule has 0 bridgehead atoms. The summed E-state index contributed by atoms with van der Waals surface area (Å²) in [4.78, 5) is 0. The molecule has 0 amide bonds. The van der Waals surface area contributed by atoms with Crippen molar-refractivity contribution in [2.45, 2.75) is 118 Å². The van der Waals surface area contributed by atoms with Crippen molar-refractivity contribution in [3.8, 4) is 11.5 Å². The van der Waals surface area contributed by atoms with Crippen molar-refractivity contribution in [2.24, 2.45) is 5.92 Å². The first-order valence-electron chi connectivity index (χ1n) is 14.3. The van der Waals surface area contributed by atoms with Crippen LogP contribution in [0, 0.1) is 26.7 Å². The normalized spacial score (nSPS) is 13.2. The molecule has 1 N–H and O–H groups in total. The Hall–Kier alpha value is -2.00. The van der Waals surface area contributed by atoms with E-state index in [4.69, 9.17) is 9.47 Å². The summed E-state index contributed by atoms with van der Waals surface area (Å²) >= 11 is 0. The summed E-state index contributed by atoms with van der Waals surface area (Å²) in [5, 5.41) is 12.3. The second-order valence-electron chi connectivity index (χ2n) is 10.9. The van der Waals surface area contributed by atoms with Gasteiger partial charge in [0, 0.05) is 11.1 Å². The lowest BCUT2D eigenvalue weighted by atomic mass is 9.74. The molecule has 0 radical (unpaired) electrons. The Labute approximate surface area is 221 Å². The van der Waals surface area contributed by atoms with Crippen molar-refractivity contribution < 1.29 is 14.6 Å². The second-order valence-corrected chi connectivity index (χ2v) is 10.9. The highest BCUT2D eigenvalue weighted by Crippen LogP contribution is 2.48. The molecule has 0 aliphatic rings. The van der Waals surface area contributed by atoms with Crippen LogP contribution in [0.1, 0.15) is 118 Å². The van der Waals surface area contributed by atoms with Crippen molar-refractivity contribution >= 4 is 0 Å². The van der Waals surface area contributed by atoms with Crippen LogP contribution in [0.5, 0.6) is 11.5 Å². The summed E-state index contributed by atoms with van der Waals surface area (Å²) in [6, 6.07) is 8.59. The molecule has 1 atom stereocenters. The van der Waals surface area contributed by atoms with Gasteiger partial charge in [-0.3, -0.25) is 0 Å². The summed E-state index contributed by atoms with van der Waals surface area (Å²) in [6.45, 7) is 12.5. The van der Waals surface area contributed by atoms with Crippen LogP contribution in [0.2, 0.25) is 0 Å². The Morgan fingerprint density at radius 1 is 0.694 bits per heavy atom. The van der Waals surface area contributed by atoms with Crippen LogP contribution in [0.4, 0.5) is 0 Å². The number of aliphatic hydroxyl groups is 1. The van der Waals surface area contributed by atoms with Gasteiger partial charge in [-0.2, -0.15) is 0 Å². The van der Waals surface area contributed by atoms with Crippen molar-refractivity contribution in [1.29, 1.82) is 0 Å². The van der Waals surface area contributed by atoms with Crippen molar-refractivity contribution in [3.05, 3.63) is 57.6 Å². The van der Waals surface area contributed by atoms with Crippen LogP contribution < -0.4 is 9.47 Å². The van der Waals surface area contributed by atoms with E-state index < -0.39 is 5.60 Å². The number of aryl methyl sites for hydroxylation is 1. The fraction of sp³-hybridized carbons (Fsp3) is 0.636. The molecule has 1 unspecified atom stereocenters. The van der Waals surface area contributed by atoms with Gasteiger partial charge in [0.2, 0.25) is 0 Å². The summed E-state index contributed by atoms with van der Waals surface area (Å²) < 4.78 is 11.6. The molecule has 0 aromatic heterocycles. The predicted octanol–water partition coefficient (Wildman–Crippen LogP) is 8.98. The van der Waals surface area contributed by atoms with Gasteiger partial charge in [-0.25, -0.2) is 0 Å². The molecule has 0 saturated carbocycles. The van der Waals surface area contributed by atoms with Crippen molar-refractivity contribution in [3.63, 3.8) is 0 Å². The third-order valence-electron chi connectivity index (χ3n) is 8.02. The number of methoxy groups -OCH3 is 2. The van der Waals surface area contributed by atoms with E-state index in [1.165, 1.54) is 69.8 Å². The van der Waals surface area contributed by atoms with Gasteiger partial charge >= 0.3 is 0 Å². The van der Waals surface area contributed by atoms with E-state index in [-0.39, 0.29) is 5.92 Å². The molecule has 3 heteroatoms. The average Bonchev–Trinajstić information content (AvgIpc) is 2.87. The third-order valence-corrected chi connectivity index (χ3v) is 8.02. The molecule has 3 nitrogen and oxygen atoms in total. The number of benzene rings is 2. The van der Waals surface area contributed by atoms with E-state index in [1.807, 2.05) is 20.8 Å². The predicted molar refractivity (Wildman–Crippen MR) is 154 cm³/mol. The van der Waals surface area contributed by atoms with E-state index in [1.54, 1.807) is 14.2 Å². The lowest BCUT2D eigenvalue weighted by Gasteiger charge is -2.37. The largest absolute Gasteiger partial charge is 0.496 e. The number of rotatable bonds is 16. The zero-order valence-corrected chi connectivity index (χ0v) is 24.4. The maximum absolute atomic E-state index is 12.3. The van der Waals surface area contributed by atoms with Gasteiger partial charge in [-0.1, -0.05) is 103 Å². The van der Waals surface area contributed by atoms with Gasteiger partial charge in [0.25, 0.3) is 0 Å². The smallest absolute Gasteiger partial charge is 0.129 e. The van der Waals surface area contributed by atoms with Crippen LogP contribution in [0.3, 0.4) is 0 Å². The highest BCUT2D eigenvalue weighted by molar-refractivity contribution is 5.62. The lowest BCUT2D eigenvalue weighted by molar-refractivity contribution is 0.0285. The van der Waals surface area contributed by atoms with Crippen LogP contribution in [0.15, 0.2) is 24.3 Å². The minimum atomic E-state index is -1.18. The van der Waals surface area contributed by atoms with Crippen LogP contribution >= 0.6 is 0 Å². The van der Waals surface area contributed by atoms with Gasteiger partial charge < -0.3 is 14.6 Å². The van der Waals surface area contributed by atoms with Gasteiger partial charge in [-0.05, 0) is 61.8 Å². The maximum Gasteiger partial charge on any atom is 0.129 e. The van der Waals surface area contributed by atoms with Crippen LogP contribution in [-0.4, -0.2) is 19.3 Å². The highest BCUT2D eigenvalue weighted by Gasteiger charge is 2.41. The van der Waals surface area contributed by atoms with E-state index in [0.717, 1.165) is 45.7 Å². The SMILES string of the molecule is CCCCCCCCCCCCc1ccc(C(O)(c2c(C)c(OC)c(C)c(C)c2OC)C(C)C)cc1.